The fraction of sp³-hybridized carbons (Fsp3) is 0. The Morgan fingerprint density at radius 2 is 1.00 bits per heavy atom. The molecule has 0 amide bonds. The zero-order valence-electron chi connectivity index (χ0n) is 5.46. The molecule has 0 atom stereocenters. The number of halogens is 2. The summed E-state index contributed by atoms with van der Waals surface area (Å²) in [5.41, 5.74) is 0. The molecule has 0 nitrogen and oxygen atoms in total. The van der Waals surface area contributed by atoms with Gasteiger partial charge in [0.2, 0.25) is 0 Å². The van der Waals surface area contributed by atoms with Gasteiger partial charge in [0.25, 0.3) is 0 Å². The molecule has 0 heterocycles. The average Bonchev–Trinajstić information content (AvgIpc) is 0. The van der Waals surface area contributed by atoms with E-state index in [1.54, 1.807) is 0 Å². The molecule has 0 bridgehead atoms. The third-order valence-electron chi connectivity index (χ3n) is 0. The molecule has 0 saturated carbocycles. The van der Waals surface area contributed by atoms with E-state index in [0.717, 1.165) is 0 Å². The molecule has 0 aromatic rings. The second kappa shape index (κ2) is 34.3. The minimum absolute atomic E-state index is 0. The molecule has 0 aliphatic rings. The van der Waals surface area contributed by atoms with Crippen molar-refractivity contribution in [3.05, 3.63) is 0 Å². The Morgan fingerprint density at radius 3 is 1.00 bits per heavy atom. The normalized spacial score (nSPS) is 0. The second-order valence-corrected chi connectivity index (χ2v) is 0. The van der Waals surface area contributed by atoms with Gasteiger partial charge in [-0.1, -0.05) is 0 Å². The molecular formula is H2F2LiMgNa. The minimum atomic E-state index is 0. The van der Waals surface area contributed by atoms with E-state index in [-0.39, 0.29) is 83.7 Å². The summed E-state index contributed by atoms with van der Waals surface area (Å²) in [6, 6.07) is 0. The van der Waals surface area contributed by atoms with Gasteiger partial charge in [0.05, 0.1) is 0 Å². The third kappa shape index (κ3) is 22.5. The van der Waals surface area contributed by atoms with Crippen LogP contribution in [0.1, 0.15) is 2.85 Å². The zero-order chi connectivity index (χ0) is 0. The number of rotatable bonds is 0. The van der Waals surface area contributed by atoms with E-state index in [4.69, 9.17) is 0 Å². The first kappa shape index (κ1) is 56.6. The summed E-state index contributed by atoms with van der Waals surface area (Å²) in [6.45, 7) is 0. The summed E-state index contributed by atoms with van der Waals surface area (Å²) in [5, 5.41) is 0. The smallest absolute Gasteiger partial charge is 1.00 e. The predicted molar refractivity (Wildman–Crippen MR) is 7.98 cm³/mol. The summed E-state index contributed by atoms with van der Waals surface area (Å²) in [5.74, 6) is 0. The van der Waals surface area contributed by atoms with E-state index in [0.29, 0.717) is 0 Å². The van der Waals surface area contributed by atoms with Crippen LogP contribution < -0.4 is 57.8 Å². The van der Waals surface area contributed by atoms with Gasteiger partial charge in [0.15, 0.2) is 0 Å². The van der Waals surface area contributed by atoms with Crippen LogP contribution in [0.5, 0.6) is 0 Å². The summed E-state index contributed by atoms with van der Waals surface area (Å²) >= 11 is 0. The van der Waals surface area contributed by atoms with Crippen molar-refractivity contribution in [1.29, 1.82) is 0 Å². The molecule has 0 aromatic heterocycles. The molecule has 0 spiro atoms. The first-order chi connectivity index (χ1) is 0. The minimum Gasteiger partial charge on any atom is -1.00 e. The maximum atomic E-state index is 0. The van der Waals surface area contributed by atoms with Crippen molar-refractivity contribution in [2.45, 2.75) is 0 Å². The summed E-state index contributed by atoms with van der Waals surface area (Å²) in [4.78, 5) is 0. The topological polar surface area (TPSA) is 0 Å². The van der Waals surface area contributed by atoms with Gasteiger partial charge in [0, 0.05) is 0 Å². The van der Waals surface area contributed by atoms with Crippen LogP contribution >= 0.6 is 0 Å². The van der Waals surface area contributed by atoms with Crippen molar-refractivity contribution in [2.75, 3.05) is 0 Å². The van der Waals surface area contributed by atoms with Crippen molar-refractivity contribution in [3.8, 4) is 0 Å². The largest absolute Gasteiger partial charge is 2.00 e. The van der Waals surface area contributed by atoms with Crippen molar-refractivity contribution in [2.24, 2.45) is 0 Å². The Labute approximate surface area is 82.8 Å². The van der Waals surface area contributed by atoms with Crippen molar-refractivity contribution < 1.29 is 60.7 Å². The third-order valence-corrected chi connectivity index (χ3v) is 0. The molecule has 0 unspecified atom stereocenters. The Morgan fingerprint density at radius 1 is 1.00 bits per heavy atom. The average molecular weight is 94.2 g/mol. The van der Waals surface area contributed by atoms with Crippen molar-refractivity contribution in [1.82, 2.24) is 0 Å². The zero-order valence-corrected chi connectivity index (χ0v) is 6.88. The Kier molecular flexibility index (Phi) is 389. The summed E-state index contributed by atoms with van der Waals surface area (Å²) < 4.78 is 0. The van der Waals surface area contributed by atoms with E-state index < -0.39 is 0 Å². The van der Waals surface area contributed by atoms with Crippen LogP contribution in [0.2, 0.25) is 0 Å². The van der Waals surface area contributed by atoms with Crippen LogP contribution in [0.4, 0.5) is 0 Å². The van der Waals surface area contributed by atoms with Crippen LogP contribution in [-0.4, -0.2) is 23.1 Å². The molecule has 0 aliphatic heterocycles. The summed E-state index contributed by atoms with van der Waals surface area (Å²) in [6.07, 6.45) is 0. The van der Waals surface area contributed by atoms with Crippen molar-refractivity contribution >= 4 is 23.1 Å². The standard InChI is InChI=1S/2FH.Li.Mg.Na.2H/h2*1H;;;;;/q;;+1;+2;+1;2*-1/p-2. The fourth-order valence-electron chi connectivity index (χ4n) is 0. The molecule has 0 rings (SSSR count). The molecular weight excluding hydrogens is 92.2 g/mol. The monoisotopic (exact) mass is 94.0 g/mol. The van der Waals surface area contributed by atoms with Crippen LogP contribution in [-0.2, 0) is 0 Å². The summed E-state index contributed by atoms with van der Waals surface area (Å²) in [7, 11) is 0. The van der Waals surface area contributed by atoms with Gasteiger partial charge in [-0.15, -0.1) is 0 Å². The molecule has 0 fully saturated rings. The SMILES string of the molecule is [F-].[F-].[H-].[H-].[Li+].[Mg+2].[Na+]. The molecule has 0 radical (unpaired) electrons. The van der Waals surface area contributed by atoms with Gasteiger partial charge >= 0.3 is 71.5 Å². The predicted octanol–water partition coefficient (Wildman–Crippen LogP) is -12.1. The van der Waals surface area contributed by atoms with Gasteiger partial charge in [-0.25, -0.2) is 0 Å². The first-order valence-electron chi connectivity index (χ1n) is 0. The van der Waals surface area contributed by atoms with Crippen LogP contribution in [0.3, 0.4) is 0 Å². The molecule has 5 heteroatoms. The maximum absolute atomic E-state index is 0. The van der Waals surface area contributed by atoms with Gasteiger partial charge < -0.3 is 12.3 Å². The Balaban J connectivity index is 0. The maximum Gasteiger partial charge on any atom is 2.00 e. The first-order valence-corrected chi connectivity index (χ1v) is 0. The molecule has 5 heavy (non-hydrogen) atoms. The molecule has 0 aliphatic carbocycles. The molecule has 0 N–H and O–H groups in total. The number of hydrogen-bond acceptors (Lipinski definition) is 0. The van der Waals surface area contributed by atoms with E-state index in [1.807, 2.05) is 0 Å². The fourth-order valence-corrected chi connectivity index (χ4v) is 0. The van der Waals surface area contributed by atoms with Gasteiger partial charge in [-0.3, -0.25) is 0 Å². The van der Waals surface area contributed by atoms with Gasteiger partial charge in [-0.05, 0) is 0 Å². The van der Waals surface area contributed by atoms with Crippen LogP contribution in [0.15, 0.2) is 0 Å². The van der Waals surface area contributed by atoms with Gasteiger partial charge in [0.1, 0.15) is 0 Å². The van der Waals surface area contributed by atoms with E-state index in [1.165, 1.54) is 0 Å². The molecule has 0 saturated heterocycles. The van der Waals surface area contributed by atoms with Crippen molar-refractivity contribution in [3.63, 3.8) is 0 Å². The molecule has 20 valence electrons. The Hall–Kier alpha value is 2.22. The van der Waals surface area contributed by atoms with Gasteiger partial charge in [-0.2, -0.15) is 0 Å². The number of hydrogen-bond donors (Lipinski definition) is 0. The van der Waals surface area contributed by atoms with E-state index in [9.17, 15) is 0 Å². The van der Waals surface area contributed by atoms with Crippen LogP contribution in [0, 0.1) is 0 Å². The Bertz CT molecular complexity index is 15.7. The van der Waals surface area contributed by atoms with Crippen LogP contribution in [0.25, 0.3) is 0 Å². The van der Waals surface area contributed by atoms with E-state index in [2.05, 4.69) is 0 Å². The molecule has 0 aromatic carbocycles. The van der Waals surface area contributed by atoms with E-state index >= 15 is 0 Å². The second-order valence-electron chi connectivity index (χ2n) is 0. The quantitative estimate of drug-likeness (QED) is 0.262.